The second kappa shape index (κ2) is 3.97. The summed E-state index contributed by atoms with van der Waals surface area (Å²) in [5.74, 6) is 0. The van der Waals surface area contributed by atoms with Gasteiger partial charge in [0.05, 0.1) is 0 Å². The number of hydrogen-bond donors (Lipinski definition) is 1. The van der Waals surface area contributed by atoms with Crippen molar-refractivity contribution in [1.82, 2.24) is 9.88 Å². The van der Waals surface area contributed by atoms with Crippen molar-refractivity contribution in [2.45, 2.75) is 38.3 Å². The average Bonchev–Trinajstić information content (AvgIpc) is 2.74. The molecule has 1 aliphatic rings. The third kappa shape index (κ3) is 2.13. The Bertz CT molecular complexity index is 235. The molecular formula is C11H18N2. The molecule has 1 aliphatic carbocycles. The molecule has 0 aromatic carbocycles. The highest BCUT2D eigenvalue weighted by Crippen LogP contribution is 2.23. The van der Waals surface area contributed by atoms with Crippen LogP contribution in [0.1, 0.15) is 31.2 Å². The first-order chi connectivity index (χ1) is 6.36. The first-order valence-corrected chi connectivity index (χ1v) is 5.18. The molecule has 2 heteroatoms. The van der Waals surface area contributed by atoms with Crippen molar-refractivity contribution >= 4 is 0 Å². The summed E-state index contributed by atoms with van der Waals surface area (Å²) in [6.45, 7) is 1.09. The smallest absolute Gasteiger partial charge is 0.0248 e. The van der Waals surface area contributed by atoms with E-state index in [-0.39, 0.29) is 0 Å². The second-order valence-electron chi connectivity index (χ2n) is 4.07. The number of rotatable bonds is 3. The van der Waals surface area contributed by atoms with Crippen molar-refractivity contribution in [3.8, 4) is 0 Å². The monoisotopic (exact) mass is 178 g/mol. The van der Waals surface area contributed by atoms with Gasteiger partial charge < -0.3 is 4.98 Å². The van der Waals surface area contributed by atoms with Crippen LogP contribution in [0.15, 0.2) is 18.5 Å². The first kappa shape index (κ1) is 8.82. The third-order valence-electron chi connectivity index (χ3n) is 3.04. The second-order valence-corrected chi connectivity index (χ2v) is 4.07. The van der Waals surface area contributed by atoms with Gasteiger partial charge in [-0.25, -0.2) is 0 Å². The van der Waals surface area contributed by atoms with E-state index in [2.05, 4.69) is 29.2 Å². The Morgan fingerprint density at radius 2 is 2.23 bits per heavy atom. The minimum Gasteiger partial charge on any atom is -0.367 e. The van der Waals surface area contributed by atoms with Crippen LogP contribution >= 0.6 is 0 Å². The van der Waals surface area contributed by atoms with Crippen molar-refractivity contribution < 1.29 is 0 Å². The zero-order valence-electron chi connectivity index (χ0n) is 8.29. The minimum atomic E-state index is 0.829. The Kier molecular flexibility index (Phi) is 2.69. The van der Waals surface area contributed by atoms with Crippen molar-refractivity contribution in [1.29, 1.82) is 0 Å². The zero-order valence-corrected chi connectivity index (χ0v) is 8.29. The largest absolute Gasteiger partial charge is 0.367 e. The Hall–Kier alpha value is -0.760. The van der Waals surface area contributed by atoms with E-state index in [1.54, 1.807) is 0 Å². The van der Waals surface area contributed by atoms with Crippen molar-refractivity contribution in [3.05, 3.63) is 24.0 Å². The summed E-state index contributed by atoms with van der Waals surface area (Å²) in [7, 11) is 2.24. The fraction of sp³-hybridized carbons (Fsp3) is 0.636. The number of aromatic nitrogens is 1. The van der Waals surface area contributed by atoms with Crippen LogP contribution in [0.4, 0.5) is 0 Å². The molecule has 0 saturated heterocycles. The Labute approximate surface area is 79.9 Å². The summed E-state index contributed by atoms with van der Waals surface area (Å²) >= 11 is 0. The summed E-state index contributed by atoms with van der Waals surface area (Å²) in [6, 6.07) is 2.99. The standard InChI is InChI=1S/C11H18N2/c1-13(11-4-2-3-5-11)9-10-6-7-12-8-10/h6-8,11-12H,2-5,9H2,1H3. The van der Waals surface area contributed by atoms with Gasteiger partial charge in [-0.2, -0.15) is 0 Å². The number of aromatic amines is 1. The maximum Gasteiger partial charge on any atom is 0.0248 e. The van der Waals surface area contributed by atoms with Crippen molar-refractivity contribution in [2.24, 2.45) is 0 Å². The molecule has 1 saturated carbocycles. The van der Waals surface area contributed by atoms with E-state index in [0.717, 1.165) is 12.6 Å². The molecule has 0 aliphatic heterocycles. The summed E-state index contributed by atoms with van der Waals surface area (Å²) in [6.07, 6.45) is 9.70. The number of nitrogens with one attached hydrogen (secondary N) is 1. The first-order valence-electron chi connectivity index (χ1n) is 5.18. The summed E-state index contributed by atoms with van der Waals surface area (Å²) in [5, 5.41) is 0. The quantitative estimate of drug-likeness (QED) is 0.753. The van der Waals surface area contributed by atoms with Crippen LogP contribution in [0.25, 0.3) is 0 Å². The van der Waals surface area contributed by atoms with E-state index >= 15 is 0 Å². The Morgan fingerprint density at radius 1 is 1.46 bits per heavy atom. The lowest BCUT2D eigenvalue weighted by atomic mass is 10.2. The minimum absolute atomic E-state index is 0.829. The molecule has 0 unspecified atom stereocenters. The average molecular weight is 178 g/mol. The SMILES string of the molecule is CN(Cc1cc[nH]c1)C1CCCC1. The van der Waals surface area contributed by atoms with Gasteiger partial charge in [0, 0.05) is 25.0 Å². The molecule has 1 fully saturated rings. The van der Waals surface area contributed by atoms with Gasteiger partial charge in [-0.05, 0) is 31.5 Å². The van der Waals surface area contributed by atoms with Crippen LogP contribution in [0.2, 0.25) is 0 Å². The fourth-order valence-corrected chi connectivity index (χ4v) is 2.22. The van der Waals surface area contributed by atoms with Crippen LogP contribution in [-0.4, -0.2) is 23.0 Å². The molecule has 72 valence electrons. The highest BCUT2D eigenvalue weighted by atomic mass is 15.1. The Morgan fingerprint density at radius 3 is 2.85 bits per heavy atom. The van der Waals surface area contributed by atoms with Gasteiger partial charge in [0.1, 0.15) is 0 Å². The molecule has 2 nitrogen and oxygen atoms in total. The van der Waals surface area contributed by atoms with Gasteiger partial charge in [0.25, 0.3) is 0 Å². The van der Waals surface area contributed by atoms with Crippen molar-refractivity contribution in [2.75, 3.05) is 7.05 Å². The molecule has 1 heterocycles. The lowest BCUT2D eigenvalue weighted by Crippen LogP contribution is -2.28. The number of hydrogen-bond acceptors (Lipinski definition) is 1. The van der Waals surface area contributed by atoms with Gasteiger partial charge in [-0.1, -0.05) is 12.8 Å². The molecule has 1 N–H and O–H groups in total. The maximum atomic E-state index is 3.10. The third-order valence-corrected chi connectivity index (χ3v) is 3.04. The van der Waals surface area contributed by atoms with Gasteiger partial charge in [0.2, 0.25) is 0 Å². The van der Waals surface area contributed by atoms with E-state index in [1.807, 2.05) is 6.20 Å². The van der Waals surface area contributed by atoms with E-state index in [4.69, 9.17) is 0 Å². The van der Waals surface area contributed by atoms with Crippen LogP contribution in [-0.2, 0) is 6.54 Å². The molecule has 0 bridgehead atoms. The van der Waals surface area contributed by atoms with Crippen molar-refractivity contribution in [3.63, 3.8) is 0 Å². The summed E-state index contributed by atoms with van der Waals surface area (Å²) < 4.78 is 0. The molecule has 13 heavy (non-hydrogen) atoms. The molecule has 0 atom stereocenters. The highest BCUT2D eigenvalue weighted by Gasteiger charge is 2.19. The molecule has 1 aromatic rings. The van der Waals surface area contributed by atoms with Gasteiger partial charge >= 0.3 is 0 Å². The molecule has 2 rings (SSSR count). The van der Waals surface area contributed by atoms with Gasteiger partial charge in [-0.3, -0.25) is 4.90 Å². The zero-order chi connectivity index (χ0) is 9.10. The maximum absolute atomic E-state index is 3.10. The molecule has 0 amide bonds. The number of nitrogens with zero attached hydrogens (tertiary/aromatic N) is 1. The Balaban J connectivity index is 1.87. The van der Waals surface area contributed by atoms with E-state index in [9.17, 15) is 0 Å². The van der Waals surface area contributed by atoms with E-state index < -0.39 is 0 Å². The van der Waals surface area contributed by atoms with Crippen LogP contribution < -0.4 is 0 Å². The lowest BCUT2D eigenvalue weighted by Gasteiger charge is -2.23. The van der Waals surface area contributed by atoms with Gasteiger partial charge in [-0.15, -0.1) is 0 Å². The predicted octanol–water partition coefficient (Wildman–Crippen LogP) is 2.39. The van der Waals surface area contributed by atoms with E-state index in [1.165, 1.54) is 31.2 Å². The molecular weight excluding hydrogens is 160 g/mol. The van der Waals surface area contributed by atoms with Crippen LogP contribution in [0, 0.1) is 0 Å². The summed E-state index contributed by atoms with van der Waals surface area (Å²) in [5.41, 5.74) is 1.40. The van der Waals surface area contributed by atoms with Gasteiger partial charge in [0.15, 0.2) is 0 Å². The van der Waals surface area contributed by atoms with Crippen LogP contribution in [0.5, 0.6) is 0 Å². The van der Waals surface area contributed by atoms with E-state index in [0.29, 0.717) is 0 Å². The molecule has 1 aromatic heterocycles. The highest BCUT2D eigenvalue weighted by molar-refractivity contribution is 5.08. The molecule has 0 spiro atoms. The molecule has 0 radical (unpaired) electrons. The normalized spacial score (nSPS) is 18.6. The lowest BCUT2D eigenvalue weighted by molar-refractivity contribution is 0.237. The fourth-order valence-electron chi connectivity index (χ4n) is 2.22. The topological polar surface area (TPSA) is 19.0 Å². The predicted molar refractivity (Wildman–Crippen MR) is 54.5 cm³/mol. The number of H-pyrrole nitrogens is 1. The van der Waals surface area contributed by atoms with Crippen LogP contribution in [0.3, 0.4) is 0 Å². The summed E-state index contributed by atoms with van der Waals surface area (Å²) in [4.78, 5) is 5.58.